The Labute approximate surface area is 168 Å². The summed E-state index contributed by atoms with van der Waals surface area (Å²) in [6, 6.07) is 7.84. The van der Waals surface area contributed by atoms with Crippen LogP contribution >= 0.6 is 0 Å². The summed E-state index contributed by atoms with van der Waals surface area (Å²) in [5.41, 5.74) is 3.16. The number of carbonyl (C=O) groups excluding carboxylic acids is 1. The van der Waals surface area contributed by atoms with Crippen molar-refractivity contribution >= 4 is 5.91 Å². The zero-order chi connectivity index (χ0) is 19.3. The number of fused-ring (bicyclic) bond motifs is 2. The summed E-state index contributed by atoms with van der Waals surface area (Å²) in [4.78, 5) is 16.3. The molecule has 2 saturated heterocycles. The highest BCUT2D eigenvalue weighted by Crippen LogP contribution is 2.54. The summed E-state index contributed by atoms with van der Waals surface area (Å²) in [5, 5.41) is 3.59. The maximum absolute atomic E-state index is 13.5. The fraction of sp³-hybridized carbons (Fsp3) is 0.560. The van der Waals surface area contributed by atoms with Crippen LogP contribution in [0.5, 0.6) is 0 Å². The summed E-state index contributed by atoms with van der Waals surface area (Å²) in [6.45, 7) is 4.10. The first-order valence-corrected chi connectivity index (χ1v) is 11.1. The van der Waals surface area contributed by atoms with Gasteiger partial charge in [0.15, 0.2) is 0 Å². The molecule has 1 aromatic carbocycles. The topological polar surface area (TPSA) is 32.3 Å². The van der Waals surface area contributed by atoms with Gasteiger partial charge in [-0.05, 0) is 69.9 Å². The number of benzene rings is 1. The van der Waals surface area contributed by atoms with Crippen LogP contribution in [0.25, 0.3) is 0 Å². The molecule has 2 bridgehead atoms. The van der Waals surface area contributed by atoms with Crippen molar-refractivity contribution in [3.8, 4) is 0 Å². The molecule has 148 valence electrons. The second-order valence-corrected chi connectivity index (χ2v) is 9.40. The van der Waals surface area contributed by atoms with Crippen LogP contribution < -0.4 is 5.32 Å². The van der Waals surface area contributed by atoms with Gasteiger partial charge in [0, 0.05) is 29.1 Å². The SMILES string of the molecule is Cc1cccc(C)c1C(=O)N[C@H](C1C=CC=CC1)C12CCC(CC1)N2C1CC1. The number of nitrogens with one attached hydrogen (secondary N) is 1. The van der Waals surface area contributed by atoms with E-state index in [4.69, 9.17) is 0 Å². The molecule has 2 aliphatic carbocycles. The van der Waals surface area contributed by atoms with Crippen LogP contribution in [-0.4, -0.2) is 34.5 Å². The number of rotatable bonds is 5. The maximum Gasteiger partial charge on any atom is 0.252 e. The number of carbonyl (C=O) groups is 1. The van der Waals surface area contributed by atoms with Gasteiger partial charge in [-0.25, -0.2) is 0 Å². The Bertz CT molecular complexity index is 807. The molecule has 1 N–H and O–H groups in total. The van der Waals surface area contributed by atoms with Gasteiger partial charge in [-0.3, -0.25) is 9.69 Å². The molecule has 0 spiro atoms. The van der Waals surface area contributed by atoms with Gasteiger partial charge in [0.1, 0.15) is 0 Å². The van der Waals surface area contributed by atoms with Crippen LogP contribution in [0.1, 0.15) is 66.4 Å². The monoisotopic (exact) mass is 376 g/mol. The molecule has 1 unspecified atom stereocenters. The quantitative estimate of drug-likeness (QED) is 0.808. The fourth-order valence-corrected chi connectivity index (χ4v) is 6.36. The van der Waals surface area contributed by atoms with Crippen LogP contribution in [-0.2, 0) is 0 Å². The Kier molecular flexibility index (Phi) is 4.46. The van der Waals surface area contributed by atoms with Gasteiger partial charge in [0.2, 0.25) is 0 Å². The zero-order valence-electron chi connectivity index (χ0n) is 17.2. The average molecular weight is 377 g/mol. The normalized spacial score (nSPS) is 32.6. The zero-order valence-corrected chi connectivity index (χ0v) is 17.2. The highest BCUT2D eigenvalue weighted by Gasteiger charge is 2.60. The van der Waals surface area contributed by atoms with Crippen LogP contribution in [0.15, 0.2) is 42.5 Å². The molecular weight excluding hydrogens is 344 g/mol. The van der Waals surface area contributed by atoms with Crippen molar-refractivity contribution < 1.29 is 4.79 Å². The summed E-state index contributed by atoms with van der Waals surface area (Å²) >= 11 is 0. The molecule has 1 saturated carbocycles. The minimum absolute atomic E-state index is 0.115. The highest BCUT2D eigenvalue weighted by molar-refractivity contribution is 5.97. The fourth-order valence-electron chi connectivity index (χ4n) is 6.36. The molecule has 3 heteroatoms. The largest absolute Gasteiger partial charge is 0.347 e. The average Bonchev–Trinajstić information content (AvgIpc) is 3.39. The predicted molar refractivity (Wildman–Crippen MR) is 113 cm³/mol. The van der Waals surface area contributed by atoms with Crippen molar-refractivity contribution in [3.63, 3.8) is 0 Å². The van der Waals surface area contributed by atoms with Crippen LogP contribution in [0.3, 0.4) is 0 Å². The van der Waals surface area contributed by atoms with E-state index in [1.807, 2.05) is 6.07 Å². The third-order valence-electron chi connectivity index (χ3n) is 7.68. The third kappa shape index (κ3) is 2.86. The van der Waals surface area contributed by atoms with E-state index in [9.17, 15) is 4.79 Å². The summed E-state index contributed by atoms with van der Waals surface area (Å²) in [6.07, 6.45) is 17.7. The molecule has 28 heavy (non-hydrogen) atoms. The van der Waals surface area contributed by atoms with Gasteiger partial charge >= 0.3 is 0 Å². The molecule has 2 heterocycles. The van der Waals surface area contributed by atoms with E-state index in [2.05, 4.69) is 60.5 Å². The molecule has 3 nitrogen and oxygen atoms in total. The number of amides is 1. The molecule has 4 aliphatic rings. The third-order valence-corrected chi connectivity index (χ3v) is 7.68. The van der Waals surface area contributed by atoms with E-state index in [1.54, 1.807) is 0 Å². The maximum atomic E-state index is 13.5. The van der Waals surface area contributed by atoms with Crippen molar-refractivity contribution in [2.24, 2.45) is 5.92 Å². The van der Waals surface area contributed by atoms with Crippen molar-refractivity contribution in [1.82, 2.24) is 10.2 Å². The lowest BCUT2D eigenvalue weighted by atomic mass is 9.74. The molecule has 1 amide bonds. The van der Waals surface area contributed by atoms with E-state index in [0.29, 0.717) is 5.92 Å². The Morgan fingerprint density at radius 3 is 2.36 bits per heavy atom. The van der Waals surface area contributed by atoms with Gasteiger partial charge in [-0.1, -0.05) is 42.5 Å². The first kappa shape index (κ1) is 18.2. The molecule has 5 rings (SSSR count). The first-order valence-electron chi connectivity index (χ1n) is 11.1. The highest BCUT2D eigenvalue weighted by atomic mass is 16.1. The summed E-state index contributed by atoms with van der Waals surface area (Å²) < 4.78 is 0. The summed E-state index contributed by atoms with van der Waals surface area (Å²) in [7, 11) is 0. The molecule has 1 aromatic rings. The lowest BCUT2D eigenvalue weighted by molar-refractivity contribution is 0.0659. The molecule has 2 atom stereocenters. The molecular formula is C25H32N2O. The van der Waals surface area contributed by atoms with Crippen LogP contribution in [0, 0.1) is 19.8 Å². The number of hydrogen-bond acceptors (Lipinski definition) is 2. The molecule has 0 aromatic heterocycles. The van der Waals surface area contributed by atoms with Crippen molar-refractivity contribution in [1.29, 1.82) is 0 Å². The van der Waals surface area contributed by atoms with E-state index in [0.717, 1.165) is 35.2 Å². The van der Waals surface area contributed by atoms with Gasteiger partial charge in [0.25, 0.3) is 5.91 Å². The standard InChI is InChI=1S/C25H32N2O/c1-17-7-6-8-18(2)22(17)24(28)26-23(19-9-4-3-5-10-19)25-15-13-21(14-16-25)27(25)20-11-12-20/h3-9,19-21,23H,10-16H2,1-2H3,(H,26,28)/t19?,21?,23-,25?/m1/s1. The van der Waals surface area contributed by atoms with E-state index >= 15 is 0 Å². The van der Waals surface area contributed by atoms with Crippen molar-refractivity contribution in [2.75, 3.05) is 0 Å². The summed E-state index contributed by atoms with van der Waals surface area (Å²) in [5.74, 6) is 0.500. The Hall–Kier alpha value is -1.87. The van der Waals surface area contributed by atoms with Gasteiger partial charge in [-0.15, -0.1) is 0 Å². The molecule has 3 fully saturated rings. The second-order valence-electron chi connectivity index (χ2n) is 9.40. The number of nitrogens with zero attached hydrogens (tertiary/aromatic N) is 1. The smallest absolute Gasteiger partial charge is 0.252 e. The Morgan fingerprint density at radius 1 is 1.07 bits per heavy atom. The Balaban J connectivity index is 1.50. The van der Waals surface area contributed by atoms with E-state index < -0.39 is 0 Å². The predicted octanol–water partition coefficient (Wildman–Crippen LogP) is 4.69. The van der Waals surface area contributed by atoms with Gasteiger partial charge < -0.3 is 5.32 Å². The van der Waals surface area contributed by atoms with Gasteiger partial charge in [-0.2, -0.15) is 0 Å². The minimum Gasteiger partial charge on any atom is -0.347 e. The van der Waals surface area contributed by atoms with E-state index in [-0.39, 0.29) is 17.5 Å². The van der Waals surface area contributed by atoms with Crippen LogP contribution in [0.4, 0.5) is 0 Å². The first-order chi connectivity index (χ1) is 13.6. The second kappa shape index (κ2) is 6.88. The van der Waals surface area contributed by atoms with Crippen LogP contribution in [0.2, 0.25) is 0 Å². The molecule has 0 radical (unpaired) electrons. The number of allylic oxidation sites excluding steroid dienone is 3. The van der Waals surface area contributed by atoms with E-state index in [1.165, 1.54) is 38.5 Å². The number of hydrogen-bond donors (Lipinski definition) is 1. The molecule has 2 aliphatic heterocycles. The van der Waals surface area contributed by atoms with Gasteiger partial charge in [0.05, 0.1) is 6.04 Å². The van der Waals surface area contributed by atoms with Crippen molar-refractivity contribution in [3.05, 3.63) is 59.2 Å². The number of aryl methyl sites for hydroxylation is 2. The Morgan fingerprint density at radius 2 is 1.75 bits per heavy atom. The lowest BCUT2D eigenvalue weighted by Gasteiger charge is -2.45. The minimum atomic E-state index is 0.115. The lowest BCUT2D eigenvalue weighted by Crippen LogP contribution is -2.61. The van der Waals surface area contributed by atoms with Crippen molar-refractivity contribution in [2.45, 2.75) is 82.5 Å².